The van der Waals surface area contributed by atoms with Gasteiger partial charge in [-0.05, 0) is 12.0 Å². The Morgan fingerprint density at radius 2 is 2.08 bits per heavy atom. The van der Waals surface area contributed by atoms with Crippen LogP contribution in [0.25, 0.3) is 0 Å². The second-order valence-corrected chi connectivity index (χ2v) is 3.61. The van der Waals surface area contributed by atoms with E-state index in [1.165, 1.54) is 5.56 Å². The van der Waals surface area contributed by atoms with Gasteiger partial charge in [0.1, 0.15) is 6.17 Å². The molecule has 0 aromatic heterocycles. The van der Waals surface area contributed by atoms with Crippen LogP contribution in [0.15, 0.2) is 30.3 Å². The highest BCUT2D eigenvalue weighted by molar-refractivity contribution is 5.14. The van der Waals surface area contributed by atoms with Gasteiger partial charge in [-0.25, -0.2) is 4.39 Å². The first kappa shape index (κ1) is 8.70. The summed E-state index contributed by atoms with van der Waals surface area (Å²) in [5.74, 6) is 0. The molecule has 0 N–H and O–H groups in total. The Hall–Kier alpha value is -0.890. The van der Waals surface area contributed by atoms with Crippen molar-refractivity contribution in [2.24, 2.45) is 0 Å². The molecule has 2 rings (SSSR count). The molecule has 1 unspecified atom stereocenters. The number of hydrogen-bond acceptors (Lipinski definition) is 1. The lowest BCUT2D eigenvalue weighted by Crippen LogP contribution is -2.20. The van der Waals surface area contributed by atoms with Crippen molar-refractivity contribution in [2.45, 2.75) is 19.1 Å². The van der Waals surface area contributed by atoms with Gasteiger partial charge in [-0.3, -0.25) is 4.90 Å². The van der Waals surface area contributed by atoms with Gasteiger partial charge in [0.2, 0.25) is 0 Å². The zero-order valence-electron chi connectivity index (χ0n) is 7.62. The zero-order valence-corrected chi connectivity index (χ0v) is 7.62. The minimum Gasteiger partial charge on any atom is -0.296 e. The quantitative estimate of drug-likeness (QED) is 0.673. The van der Waals surface area contributed by atoms with E-state index < -0.39 is 6.17 Å². The molecule has 0 saturated carbocycles. The summed E-state index contributed by atoms with van der Waals surface area (Å²) in [5.41, 5.74) is 1.27. The Morgan fingerprint density at radius 1 is 1.31 bits per heavy atom. The van der Waals surface area contributed by atoms with Gasteiger partial charge >= 0.3 is 0 Å². The fourth-order valence-corrected chi connectivity index (χ4v) is 1.77. The first-order valence-electron chi connectivity index (χ1n) is 4.75. The second kappa shape index (κ2) is 3.88. The predicted octanol–water partition coefficient (Wildman–Crippen LogP) is 2.23. The average Bonchev–Trinajstić information content (AvgIpc) is 2.53. The lowest BCUT2D eigenvalue weighted by molar-refractivity contribution is 0.282. The topological polar surface area (TPSA) is 3.24 Å². The predicted molar refractivity (Wildman–Crippen MR) is 51.2 cm³/mol. The Kier molecular flexibility index (Phi) is 2.60. The number of halogens is 1. The lowest BCUT2D eigenvalue weighted by Gasteiger charge is -2.13. The Labute approximate surface area is 78.2 Å². The molecule has 1 aromatic carbocycles. The molecule has 0 radical (unpaired) electrons. The van der Waals surface area contributed by atoms with E-state index in [9.17, 15) is 4.39 Å². The van der Waals surface area contributed by atoms with Gasteiger partial charge in [0.15, 0.2) is 0 Å². The molecule has 2 heteroatoms. The van der Waals surface area contributed by atoms with E-state index in [1.54, 1.807) is 0 Å². The summed E-state index contributed by atoms with van der Waals surface area (Å²) in [6, 6.07) is 10.2. The molecule has 0 spiro atoms. The van der Waals surface area contributed by atoms with Crippen LogP contribution in [-0.2, 0) is 6.54 Å². The van der Waals surface area contributed by atoms with Gasteiger partial charge in [0.05, 0.1) is 0 Å². The maximum atomic E-state index is 12.8. The standard InChI is InChI=1S/C11H14FN/c12-11-6-7-13(9-11)8-10-4-2-1-3-5-10/h1-5,11H,6-9H2. The van der Waals surface area contributed by atoms with Crippen LogP contribution < -0.4 is 0 Å². The number of nitrogens with zero attached hydrogens (tertiary/aromatic N) is 1. The maximum Gasteiger partial charge on any atom is 0.114 e. The van der Waals surface area contributed by atoms with Gasteiger partial charge in [-0.2, -0.15) is 0 Å². The van der Waals surface area contributed by atoms with E-state index in [0.29, 0.717) is 13.0 Å². The van der Waals surface area contributed by atoms with E-state index in [2.05, 4.69) is 17.0 Å². The summed E-state index contributed by atoms with van der Waals surface area (Å²) in [6.07, 6.45) is 0.0935. The molecule has 0 aliphatic carbocycles. The molecule has 0 bridgehead atoms. The Balaban J connectivity index is 1.92. The van der Waals surface area contributed by atoms with Crippen molar-refractivity contribution in [3.8, 4) is 0 Å². The van der Waals surface area contributed by atoms with Crippen molar-refractivity contribution in [3.63, 3.8) is 0 Å². The van der Waals surface area contributed by atoms with Gasteiger partial charge < -0.3 is 0 Å². The normalized spacial score (nSPS) is 23.6. The van der Waals surface area contributed by atoms with Crippen LogP contribution in [0.2, 0.25) is 0 Å². The van der Waals surface area contributed by atoms with E-state index in [4.69, 9.17) is 0 Å². The third kappa shape index (κ3) is 2.28. The highest BCUT2D eigenvalue weighted by atomic mass is 19.1. The smallest absolute Gasteiger partial charge is 0.114 e. The van der Waals surface area contributed by atoms with Crippen LogP contribution >= 0.6 is 0 Å². The minimum absolute atomic E-state index is 0.606. The third-order valence-electron chi connectivity index (χ3n) is 2.46. The molecule has 1 atom stereocenters. The summed E-state index contributed by atoms with van der Waals surface area (Å²) in [7, 11) is 0. The molecule has 1 aromatic rings. The number of likely N-dealkylation sites (tertiary alicyclic amines) is 1. The Bertz CT molecular complexity index is 260. The van der Waals surface area contributed by atoms with Crippen molar-refractivity contribution in [1.29, 1.82) is 0 Å². The highest BCUT2D eigenvalue weighted by Gasteiger charge is 2.21. The average molecular weight is 179 g/mol. The molecular weight excluding hydrogens is 165 g/mol. The monoisotopic (exact) mass is 179 g/mol. The molecule has 1 fully saturated rings. The third-order valence-corrected chi connectivity index (χ3v) is 2.46. The molecule has 1 saturated heterocycles. The van der Waals surface area contributed by atoms with Crippen molar-refractivity contribution < 1.29 is 4.39 Å². The van der Waals surface area contributed by atoms with Crippen LogP contribution in [0, 0.1) is 0 Å². The molecule has 1 nitrogen and oxygen atoms in total. The number of alkyl halides is 1. The summed E-state index contributed by atoms with van der Waals surface area (Å²) < 4.78 is 12.8. The van der Waals surface area contributed by atoms with Gasteiger partial charge in [-0.1, -0.05) is 30.3 Å². The maximum absolute atomic E-state index is 12.8. The van der Waals surface area contributed by atoms with Crippen LogP contribution in [0.4, 0.5) is 4.39 Å². The van der Waals surface area contributed by atoms with E-state index >= 15 is 0 Å². The molecule has 70 valence electrons. The second-order valence-electron chi connectivity index (χ2n) is 3.61. The van der Waals surface area contributed by atoms with E-state index in [1.807, 2.05) is 18.2 Å². The fraction of sp³-hybridized carbons (Fsp3) is 0.455. The fourth-order valence-electron chi connectivity index (χ4n) is 1.77. The number of benzene rings is 1. The highest BCUT2D eigenvalue weighted by Crippen LogP contribution is 2.15. The molecule has 1 heterocycles. The van der Waals surface area contributed by atoms with Gasteiger partial charge in [0, 0.05) is 19.6 Å². The molecular formula is C11H14FN. The first-order chi connectivity index (χ1) is 6.34. The van der Waals surface area contributed by atoms with Gasteiger partial charge in [-0.15, -0.1) is 0 Å². The van der Waals surface area contributed by atoms with Crippen LogP contribution in [0.1, 0.15) is 12.0 Å². The summed E-state index contributed by atoms with van der Waals surface area (Å²) >= 11 is 0. The molecule has 0 amide bonds. The van der Waals surface area contributed by atoms with Crippen molar-refractivity contribution in [1.82, 2.24) is 4.90 Å². The van der Waals surface area contributed by atoms with Gasteiger partial charge in [0.25, 0.3) is 0 Å². The number of hydrogen-bond donors (Lipinski definition) is 0. The van der Waals surface area contributed by atoms with Crippen LogP contribution in [0.5, 0.6) is 0 Å². The first-order valence-corrected chi connectivity index (χ1v) is 4.75. The lowest BCUT2D eigenvalue weighted by atomic mass is 10.2. The number of rotatable bonds is 2. The van der Waals surface area contributed by atoms with Crippen LogP contribution in [-0.4, -0.2) is 24.2 Å². The SMILES string of the molecule is FC1CCN(Cc2ccccc2)C1. The molecule has 13 heavy (non-hydrogen) atoms. The van der Waals surface area contributed by atoms with Crippen molar-refractivity contribution in [2.75, 3.05) is 13.1 Å². The van der Waals surface area contributed by atoms with Crippen molar-refractivity contribution >= 4 is 0 Å². The molecule has 1 aliphatic heterocycles. The zero-order chi connectivity index (χ0) is 9.10. The minimum atomic E-state index is -0.608. The summed E-state index contributed by atoms with van der Waals surface area (Å²) in [4.78, 5) is 2.17. The van der Waals surface area contributed by atoms with E-state index in [0.717, 1.165) is 13.1 Å². The summed E-state index contributed by atoms with van der Waals surface area (Å²) in [5, 5.41) is 0. The molecule has 1 aliphatic rings. The van der Waals surface area contributed by atoms with Crippen LogP contribution in [0.3, 0.4) is 0 Å². The largest absolute Gasteiger partial charge is 0.296 e. The summed E-state index contributed by atoms with van der Waals surface area (Å²) in [6.45, 7) is 2.40. The Morgan fingerprint density at radius 3 is 2.69 bits per heavy atom. The van der Waals surface area contributed by atoms with E-state index in [-0.39, 0.29) is 0 Å². The van der Waals surface area contributed by atoms with Crippen molar-refractivity contribution in [3.05, 3.63) is 35.9 Å².